The van der Waals surface area contributed by atoms with Gasteiger partial charge in [0.25, 0.3) is 0 Å². The highest BCUT2D eigenvalue weighted by molar-refractivity contribution is 8.72. The first-order chi connectivity index (χ1) is 8.47. The van der Waals surface area contributed by atoms with Gasteiger partial charge in [-0.1, -0.05) is 23.8 Å². The van der Waals surface area contributed by atoms with Crippen molar-refractivity contribution >= 4 is 19.7 Å². The van der Waals surface area contributed by atoms with Gasteiger partial charge >= 0.3 is 0 Å². The van der Waals surface area contributed by atoms with E-state index in [2.05, 4.69) is 0 Å². The predicted octanol–water partition coefficient (Wildman–Crippen LogP) is 2.21. The third kappa shape index (κ3) is 3.29. The number of hydrogen-bond acceptors (Lipinski definition) is 4. The Kier molecular flexibility index (Phi) is 4.02. The highest BCUT2D eigenvalue weighted by atomic mass is 33.1. The minimum atomic E-state index is -3.37. The number of hydrogen-bond donors (Lipinski definition) is 0. The van der Waals surface area contributed by atoms with Gasteiger partial charge in [-0.05, 0) is 49.1 Å². The van der Waals surface area contributed by atoms with Crippen molar-refractivity contribution in [3.63, 3.8) is 0 Å². The summed E-state index contributed by atoms with van der Waals surface area (Å²) < 4.78 is 24.3. The summed E-state index contributed by atoms with van der Waals surface area (Å²) in [5.41, 5.74) is 1.03. The number of benzene rings is 1. The molecule has 1 aromatic rings. The lowest BCUT2D eigenvalue weighted by Gasteiger charge is -2.23. The van der Waals surface area contributed by atoms with Crippen LogP contribution >= 0.6 is 10.8 Å². The van der Waals surface area contributed by atoms with E-state index in [9.17, 15) is 13.5 Å². The smallest absolute Gasteiger partial charge is 0.230 e. The first-order valence-corrected chi connectivity index (χ1v) is 8.73. The molecule has 98 valence electrons. The molecule has 2 rings (SSSR count). The van der Waals surface area contributed by atoms with Crippen LogP contribution in [-0.4, -0.2) is 13.7 Å². The molecule has 0 bridgehead atoms. The number of aryl methyl sites for hydroxylation is 1. The van der Waals surface area contributed by atoms with Crippen LogP contribution in [0.4, 0.5) is 0 Å². The fraction of sp³-hybridized carbons (Fsp3) is 0.385. The molecule has 0 saturated carbocycles. The van der Waals surface area contributed by atoms with Gasteiger partial charge in [-0.15, -0.1) is 5.76 Å². The monoisotopic (exact) mass is 283 g/mol. The van der Waals surface area contributed by atoms with Gasteiger partial charge in [0.15, 0.2) is 0 Å². The Morgan fingerprint density at radius 2 is 1.94 bits per heavy atom. The minimum Gasteiger partial charge on any atom is -0.876 e. The maximum absolute atomic E-state index is 12.2. The molecule has 0 spiro atoms. The predicted molar refractivity (Wildman–Crippen MR) is 71.7 cm³/mol. The summed E-state index contributed by atoms with van der Waals surface area (Å²) in [5, 5.41) is 11.1. The van der Waals surface area contributed by atoms with Crippen LogP contribution < -0.4 is 5.11 Å². The van der Waals surface area contributed by atoms with Gasteiger partial charge in [0.1, 0.15) is 0 Å². The van der Waals surface area contributed by atoms with Crippen molar-refractivity contribution in [2.45, 2.75) is 36.3 Å². The zero-order valence-corrected chi connectivity index (χ0v) is 11.8. The van der Waals surface area contributed by atoms with Gasteiger partial charge in [-0.25, -0.2) is 8.42 Å². The third-order valence-corrected chi connectivity index (χ3v) is 6.64. The maximum Gasteiger partial charge on any atom is 0.230 e. The van der Waals surface area contributed by atoms with Gasteiger partial charge in [0.2, 0.25) is 8.87 Å². The summed E-state index contributed by atoms with van der Waals surface area (Å²) in [6.07, 6.45) is 3.61. The van der Waals surface area contributed by atoms with Crippen molar-refractivity contribution in [1.29, 1.82) is 0 Å². The lowest BCUT2D eigenvalue weighted by Crippen LogP contribution is -2.15. The van der Waals surface area contributed by atoms with Gasteiger partial charge in [-0.2, -0.15) is 0 Å². The van der Waals surface area contributed by atoms with E-state index in [1.165, 1.54) is 0 Å². The largest absolute Gasteiger partial charge is 0.876 e. The molecular formula is C13H15O3S2-. The zero-order chi connectivity index (χ0) is 13.2. The quantitative estimate of drug-likeness (QED) is 0.798. The van der Waals surface area contributed by atoms with Crippen molar-refractivity contribution < 1.29 is 13.5 Å². The lowest BCUT2D eigenvalue weighted by molar-refractivity contribution is -0.308. The second-order valence-corrected chi connectivity index (χ2v) is 8.50. The normalized spacial score (nSPS) is 20.5. The molecule has 1 unspecified atom stereocenters. The number of rotatable bonds is 3. The fourth-order valence-corrected chi connectivity index (χ4v) is 5.33. The van der Waals surface area contributed by atoms with Crippen molar-refractivity contribution in [3.05, 3.63) is 41.7 Å². The van der Waals surface area contributed by atoms with Crippen LogP contribution in [0.25, 0.3) is 0 Å². The summed E-state index contributed by atoms with van der Waals surface area (Å²) in [4.78, 5) is 0.310. The highest BCUT2D eigenvalue weighted by Gasteiger charge is 2.21. The summed E-state index contributed by atoms with van der Waals surface area (Å²) in [7, 11) is -2.49. The first-order valence-electron chi connectivity index (χ1n) is 5.85. The van der Waals surface area contributed by atoms with Crippen LogP contribution in [0.15, 0.2) is 41.0 Å². The van der Waals surface area contributed by atoms with E-state index in [4.69, 9.17) is 0 Å². The van der Waals surface area contributed by atoms with E-state index < -0.39 is 8.87 Å². The molecule has 0 saturated heterocycles. The van der Waals surface area contributed by atoms with E-state index in [0.717, 1.165) is 29.2 Å². The van der Waals surface area contributed by atoms with Crippen molar-refractivity contribution in [2.24, 2.45) is 0 Å². The Hall–Kier alpha value is -0.940. The first kappa shape index (κ1) is 13.5. The molecule has 0 aliphatic heterocycles. The molecule has 0 amide bonds. The molecule has 0 fully saturated rings. The molecule has 1 aromatic carbocycles. The SMILES string of the molecule is Cc1ccc(S(=O)(=O)SC2C=C([O-])CCC2)cc1. The molecule has 5 heteroatoms. The van der Waals surface area contributed by atoms with Crippen molar-refractivity contribution in [2.75, 3.05) is 0 Å². The second-order valence-electron chi connectivity index (χ2n) is 4.43. The van der Waals surface area contributed by atoms with Gasteiger partial charge in [-0.3, -0.25) is 0 Å². The van der Waals surface area contributed by atoms with E-state index in [-0.39, 0.29) is 11.0 Å². The zero-order valence-electron chi connectivity index (χ0n) is 10.1. The Morgan fingerprint density at radius 1 is 1.28 bits per heavy atom. The molecule has 0 N–H and O–H groups in total. The molecule has 18 heavy (non-hydrogen) atoms. The van der Waals surface area contributed by atoms with Crippen LogP contribution in [0.2, 0.25) is 0 Å². The molecule has 0 aromatic heterocycles. The molecule has 0 radical (unpaired) electrons. The van der Waals surface area contributed by atoms with Crippen LogP contribution in [0.3, 0.4) is 0 Å². The standard InChI is InChI=1S/C13H16O3S2/c1-10-5-7-13(8-6-10)18(15,16)17-12-4-2-3-11(14)9-12/h5-9,12,14H,2-4H2,1H3/p-1. The van der Waals surface area contributed by atoms with Gasteiger partial charge in [0.05, 0.1) is 4.90 Å². The second kappa shape index (κ2) is 5.36. The van der Waals surface area contributed by atoms with Crippen LogP contribution in [0.1, 0.15) is 24.8 Å². The van der Waals surface area contributed by atoms with Crippen LogP contribution in [0, 0.1) is 6.92 Å². The summed E-state index contributed by atoms with van der Waals surface area (Å²) in [6, 6.07) is 6.79. The molecular weight excluding hydrogens is 268 g/mol. The number of allylic oxidation sites excluding steroid dienone is 1. The topological polar surface area (TPSA) is 57.2 Å². The Labute approximate surface area is 111 Å². The Bertz CT molecular complexity index is 544. The van der Waals surface area contributed by atoms with Gasteiger partial charge in [0, 0.05) is 5.25 Å². The average Bonchev–Trinajstić information content (AvgIpc) is 2.29. The Balaban J connectivity index is 2.17. The summed E-state index contributed by atoms with van der Waals surface area (Å²) >= 11 is 0. The van der Waals surface area contributed by atoms with E-state index in [1.54, 1.807) is 30.3 Å². The fourth-order valence-electron chi connectivity index (χ4n) is 1.85. The van der Waals surface area contributed by atoms with Crippen LogP contribution in [0.5, 0.6) is 0 Å². The Morgan fingerprint density at radius 3 is 2.56 bits per heavy atom. The van der Waals surface area contributed by atoms with E-state index >= 15 is 0 Å². The average molecular weight is 283 g/mol. The molecule has 0 heterocycles. The molecule has 1 atom stereocenters. The maximum atomic E-state index is 12.2. The van der Waals surface area contributed by atoms with Gasteiger partial charge < -0.3 is 5.11 Å². The van der Waals surface area contributed by atoms with E-state index in [1.807, 2.05) is 6.92 Å². The molecule has 1 aliphatic rings. The van der Waals surface area contributed by atoms with Crippen LogP contribution in [-0.2, 0) is 8.87 Å². The molecule has 3 nitrogen and oxygen atoms in total. The van der Waals surface area contributed by atoms with Crippen molar-refractivity contribution in [1.82, 2.24) is 0 Å². The minimum absolute atomic E-state index is 0.0536. The van der Waals surface area contributed by atoms with Crippen molar-refractivity contribution in [3.8, 4) is 0 Å². The highest BCUT2D eigenvalue weighted by Crippen LogP contribution is 2.33. The third-order valence-electron chi connectivity index (χ3n) is 2.84. The van der Waals surface area contributed by atoms with E-state index in [0.29, 0.717) is 11.3 Å². The summed E-state index contributed by atoms with van der Waals surface area (Å²) in [6.45, 7) is 1.91. The molecule has 1 aliphatic carbocycles. The lowest BCUT2D eigenvalue weighted by atomic mass is 10.1. The summed E-state index contributed by atoms with van der Waals surface area (Å²) in [5.74, 6) is 0.0536.